The molecule has 0 saturated heterocycles. The molecule has 0 saturated carbocycles. The summed E-state index contributed by atoms with van der Waals surface area (Å²) >= 11 is 0. The van der Waals surface area contributed by atoms with E-state index in [1.807, 2.05) is 32.0 Å². The number of ether oxygens (including phenoxy) is 2. The summed E-state index contributed by atoms with van der Waals surface area (Å²) in [6, 6.07) is 12.4. The molecule has 2 aromatic rings. The monoisotopic (exact) mass is 300 g/mol. The van der Waals surface area contributed by atoms with Crippen LogP contribution in [-0.4, -0.2) is 19.1 Å². The van der Waals surface area contributed by atoms with Gasteiger partial charge in [0.2, 0.25) is 0 Å². The third-order valence-electron chi connectivity index (χ3n) is 2.98. The van der Waals surface area contributed by atoms with Gasteiger partial charge in [-0.2, -0.15) is 0 Å². The van der Waals surface area contributed by atoms with Crippen molar-refractivity contribution >= 4 is 17.3 Å². The molecule has 0 fully saturated rings. The fourth-order valence-corrected chi connectivity index (χ4v) is 2.06. The fraction of sp³-hybridized carbons (Fsp3) is 0.235. The van der Waals surface area contributed by atoms with Crippen LogP contribution in [0.1, 0.15) is 24.2 Å². The van der Waals surface area contributed by atoms with Gasteiger partial charge < -0.3 is 20.5 Å². The number of benzene rings is 2. The van der Waals surface area contributed by atoms with E-state index in [1.165, 1.54) is 0 Å². The van der Waals surface area contributed by atoms with E-state index in [0.29, 0.717) is 41.7 Å². The van der Waals surface area contributed by atoms with Gasteiger partial charge in [0, 0.05) is 17.7 Å². The molecule has 3 N–H and O–H groups in total. The molecule has 5 heteroatoms. The minimum absolute atomic E-state index is 0.227. The van der Waals surface area contributed by atoms with Crippen LogP contribution < -0.4 is 20.5 Å². The second-order valence-electron chi connectivity index (χ2n) is 4.58. The third-order valence-corrected chi connectivity index (χ3v) is 2.98. The molecule has 5 nitrogen and oxygen atoms in total. The summed E-state index contributed by atoms with van der Waals surface area (Å²) in [4.78, 5) is 12.3. The summed E-state index contributed by atoms with van der Waals surface area (Å²) in [7, 11) is 0. The first-order chi connectivity index (χ1) is 10.7. The molecule has 2 rings (SSSR count). The summed E-state index contributed by atoms with van der Waals surface area (Å²) < 4.78 is 11.0. The highest BCUT2D eigenvalue weighted by Crippen LogP contribution is 2.36. The maximum Gasteiger partial charge on any atom is 0.255 e. The zero-order valence-electron chi connectivity index (χ0n) is 12.8. The Hall–Kier alpha value is -2.69. The largest absolute Gasteiger partial charge is 0.494 e. The number of carbonyl (C=O) groups excluding carboxylic acids is 1. The molecule has 0 aliphatic carbocycles. The van der Waals surface area contributed by atoms with Gasteiger partial charge in [-0.25, -0.2) is 0 Å². The minimum atomic E-state index is -0.227. The number of nitrogens with two attached hydrogens (primary N) is 1. The number of rotatable bonds is 6. The number of hydrogen-bond donors (Lipinski definition) is 2. The van der Waals surface area contributed by atoms with Gasteiger partial charge >= 0.3 is 0 Å². The first-order valence-electron chi connectivity index (χ1n) is 7.21. The smallest absolute Gasteiger partial charge is 0.255 e. The second kappa shape index (κ2) is 7.36. The highest BCUT2D eigenvalue weighted by atomic mass is 16.5. The predicted molar refractivity (Wildman–Crippen MR) is 87.6 cm³/mol. The lowest BCUT2D eigenvalue weighted by Gasteiger charge is -2.16. The van der Waals surface area contributed by atoms with Crippen molar-refractivity contribution in [2.24, 2.45) is 0 Å². The van der Waals surface area contributed by atoms with E-state index in [-0.39, 0.29) is 5.91 Å². The van der Waals surface area contributed by atoms with Crippen molar-refractivity contribution in [3.63, 3.8) is 0 Å². The van der Waals surface area contributed by atoms with E-state index in [4.69, 9.17) is 15.2 Å². The first-order valence-corrected chi connectivity index (χ1v) is 7.21. The number of carbonyl (C=O) groups is 1. The number of anilines is 2. The topological polar surface area (TPSA) is 73.6 Å². The van der Waals surface area contributed by atoms with Gasteiger partial charge in [-0.3, -0.25) is 4.79 Å². The Labute approximate surface area is 130 Å². The highest BCUT2D eigenvalue weighted by molar-refractivity contribution is 6.05. The molecule has 116 valence electrons. The van der Waals surface area contributed by atoms with Gasteiger partial charge in [-0.15, -0.1) is 0 Å². The SMILES string of the molecule is CCOc1cc(N)c(OCC)c(NC(=O)c2ccccc2)c1. The Morgan fingerprint density at radius 1 is 1.09 bits per heavy atom. The number of hydrogen-bond acceptors (Lipinski definition) is 4. The molecule has 0 atom stereocenters. The molecule has 1 amide bonds. The van der Waals surface area contributed by atoms with Gasteiger partial charge in [0.1, 0.15) is 5.75 Å². The van der Waals surface area contributed by atoms with Crippen LogP contribution in [0, 0.1) is 0 Å². The fourth-order valence-electron chi connectivity index (χ4n) is 2.06. The Morgan fingerprint density at radius 2 is 1.77 bits per heavy atom. The summed E-state index contributed by atoms with van der Waals surface area (Å²) in [5.41, 5.74) is 7.48. The Balaban J connectivity index is 2.32. The van der Waals surface area contributed by atoms with E-state index < -0.39 is 0 Å². The average molecular weight is 300 g/mol. The van der Waals surface area contributed by atoms with Crippen molar-refractivity contribution in [3.05, 3.63) is 48.0 Å². The van der Waals surface area contributed by atoms with Crippen molar-refractivity contribution in [2.45, 2.75) is 13.8 Å². The standard InChI is InChI=1S/C17H20N2O3/c1-3-21-13-10-14(18)16(22-4-2)15(11-13)19-17(20)12-8-6-5-7-9-12/h5-11H,3-4,18H2,1-2H3,(H,19,20). The van der Waals surface area contributed by atoms with Crippen LogP contribution in [0.15, 0.2) is 42.5 Å². The Kier molecular flexibility index (Phi) is 5.25. The zero-order valence-corrected chi connectivity index (χ0v) is 12.8. The van der Waals surface area contributed by atoms with Crippen LogP contribution in [0.25, 0.3) is 0 Å². The maximum absolute atomic E-state index is 12.3. The van der Waals surface area contributed by atoms with Crippen molar-refractivity contribution in [1.29, 1.82) is 0 Å². The lowest BCUT2D eigenvalue weighted by molar-refractivity contribution is 0.102. The van der Waals surface area contributed by atoms with Gasteiger partial charge in [-0.05, 0) is 26.0 Å². The molecular weight excluding hydrogens is 280 g/mol. The minimum Gasteiger partial charge on any atom is -0.494 e. The molecule has 0 aliphatic heterocycles. The van der Waals surface area contributed by atoms with Crippen LogP contribution in [-0.2, 0) is 0 Å². The van der Waals surface area contributed by atoms with Crippen LogP contribution >= 0.6 is 0 Å². The van der Waals surface area contributed by atoms with Crippen LogP contribution in [0.2, 0.25) is 0 Å². The van der Waals surface area contributed by atoms with Gasteiger partial charge in [0.05, 0.1) is 24.6 Å². The van der Waals surface area contributed by atoms with Crippen LogP contribution in [0.4, 0.5) is 11.4 Å². The zero-order chi connectivity index (χ0) is 15.9. The maximum atomic E-state index is 12.3. The summed E-state index contributed by atoms with van der Waals surface area (Å²) in [6.07, 6.45) is 0. The number of nitrogens with one attached hydrogen (secondary N) is 1. The van der Waals surface area contributed by atoms with Gasteiger partial charge in [0.15, 0.2) is 5.75 Å². The van der Waals surface area contributed by atoms with E-state index in [2.05, 4.69) is 5.32 Å². The van der Waals surface area contributed by atoms with Crippen LogP contribution in [0.3, 0.4) is 0 Å². The summed E-state index contributed by atoms with van der Waals surface area (Å²) in [5.74, 6) is 0.816. The molecule has 0 bridgehead atoms. The molecule has 2 aromatic carbocycles. The molecule has 0 aliphatic rings. The molecule has 22 heavy (non-hydrogen) atoms. The van der Waals surface area contributed by atoms with Gasteiger partial charge in [-0.1, -0.05) is 18.2 Å². The predicted octanol–water partition coefficient (Wildman–Crippen LogP) is 3.32. The van der Waals surface area contributed by atoms with E-state index in [1.54, 1.807) is 24.3 Å². The normalized spacial score (nSPS) is 10.1. The summed E-state index contributed by atoms with van der Waals surface area (Å²) in [5, 5.41) is 2.83. The van der Waals surface area contributed by atoms with E-state index in [9.17, 15) is 4.79 Å². The highest BCUT2D eigenvalue weighted by Gasteiger charge is 2.14. The lowest BCUT2D eigenvalue weighted by atomic mass is 10.2. The number of nitrogen functional groups attached to an aromatic ring is 1. The average Bonchev–Trinajstić information content (AvgIpc) is 2.52. The van der Waals surface area contributed by atoms with Gasteiger partial charge in [0.25, 0.3) is 5.91 Å². The van der Waals surface area contributed by atoms with Crippen molar-refractivity contribution in [3.8, 4) is 11.5 Å². The molecule has 0 aromatic heterocycles. The lowest BCUT2D eigenvalue weighted by Crippen LogP contribution is -2.13. The molecular formula is C17H20N2O3. The quantitative estimate of drug-likeness (QED) is 0.803. The molecule has 0 unspecified atom stereocenters. The Bertz CT molecular complexity index is 642. The molecule has 0 radical (unpaired) electrons. The van der Waals surface area contributed by atoms with Crippen LogP contribution in [0.5, 0.6) is 11.5 Å². The number of amides is 1. The molecule has 0 spiro atoms. The molecule has 0 heterocycles. The second-order valence-corrected chi connectivity index (χ2v) is 4.58. The van der Waals surface area contributed by atoms with Crippen molar-refractivity contribution in [2.75, 3.05) is 24.3 Å². The summed E-state index contributed by atoms with van der Waals surface area (Å²) in [6.45, 7) is 4.71. The van der Waals surface area contributed by atoms with E-state index in [0.717, 1.165) is 0 Å². The van der Waals surface area contributed by atoms with E-state index >= 15 is 0 Å². The first kappa shape index (κ1) is 15.7. The Morgan fingerprint density at radius 3 is 2.41 bits per heavy atom. The van der Waals surface area contributed by atoms with Crippen molar-refractivity contribution < 1.29 is 14.3 Å². The van der Waals surface area contributed by atoms with Crippen molar-refractivity contribution in [1.82, 2.24) is 0 Å². The third kappa shape index (κ3) is 3.69.